The lowest BCUT2D eigenvalue weighted by atomic mass is 10.2. The third kappa shape index (κ3) is 3.07. The molecule has 0 fully saturated rings. The van der Waals surface area contributed by atoms with Crippen LogP contribution in [0.2, 0.25) is 0 Å². The monoisotopic (exact) mass is 245 g/mol. The van der Waals surface area contributed by atoms with E-state index < -0.39 is 0 Å². The predicted molar refractivity (Wildman–Crippen MR) is 68.3 cm³/mol. The first-order chi connectivity index (χ1) is 8.79. The van der Waals surface area contributed by atoms with Gasteiger partial charge in [-0.2, -0.15) is 0 Å². The third-order valence-electron chi connectivity index (χ3n) is 2.36. The number of anilines is 1. The number of benzene rings is 1. The Hall–Kier alpha value is -2.37. The second-order valence-corrected chi connectivity index (χ2v) is 3.72. The van der Waals surface area contributed by atoms with Gasteiger partial charge in [-0.05, 0) is 28.1 Å². The van der Waals surface area contributed by atoms with Crippen molar-refractivity contribution in [2.24, 2.45) is 7.05 Å². The van der Waals surface area contributed by atoms with E-state index >= 15 is 0 Å². The zero-order valence-corrected chi connectivity index (χ0v) is 10.2. The number of ether oxygens (including phenoxy) is 1. The molecule has 1 heterocycles. The number of hydrogen-bond acceptors (Lipinski definition) is 5. The standard InChI is InChI=1S/C12H15N5O/c1-3-8-18-11-6-4-10(5-7-11)9-13-12-14-15-16-17(12)2/h3-7H,1,8-9H2,2H3,(H,13,14,16). The maximum Gasteiger partial charge on any atom is 0.242 e. The van der Waals surface area contributed by atoms with Crippen LogP contribution in [0, 0.1) is 0 Å². The zero-order chi connectivity index (χ0) is 12.8. The van der Waals surface area contributed by atoms with Gasteiger partial charge in [0.2, 0.25) is 5.95 Å². The average molecular weight is 245 g/mol. The van der Waals surface area contributed by atoms with Gasteiger partial charge in [0.15, 0.2) is 0 Å². The van der Waals surface area contributed by atoms with Crippen molar-refractivity contribution in [3.63, 3.8) is 0 Å². The van der Waals surface area contributed by atoms with Gasteiger partial charge in [0.25, 0.3) is 0 Å². The number of hydrogen-bond donors (Lipinski definition) is 1. The lowest BCUT2D eigenvalue weighted by molar-refractivity contribution is 0.363. The molecular formula is C12H15N5O. The summed E-state index contributed by atoms with van der Waals surface area (Å²) >= 11 is 0. The van der Waals surface area contributed by atoms with Crippen LogP contribution >= 0.6 is 0 Å². The number of nitrogens with one attached hydrogen (secondary N) is 1. The van der Waals surface area contributed by atoms with Gasteiger partial charge in [0, 0.05) is 13.6 Å². The molecule has 0 saturated heterocycles. The summed E-state index contributed by atoms with van der Waals surface area (Å²) in [6, 6.07) is 7.84. The third-order valence-corrected chi connectivity index (χ3v) is 2.36. The highest BCUT2D eigenvalue weighted by Gasteiger charge is 2.01. The number of aryl methyl sites for hydroxylation is 1. The summed E-state index contributed by atoms with van der Waals surface area (Å²) in [4.78, 5) is 0. The van der Waals surface area contributed by atoms with Gasteiger partial charge >= 0.3 is 0 Å². The Labute approximate surface area is 105 Å². The van der Waals surface area contributed by atoms with Crippen LogP contribution < -0.4 is 10.1 Å². The zero-order valence-electron chi connectivity index (χ0n) is 10.2. The van der Waals surface area contributed by atoms with E-state index in [0.717, 1.165) is 11.3 Å². The Morgan fingerprint density at radius 2 is 2.17 bits per heavy atom. The second kappa shape index (κ2) is 5.81. The first kappa shape index (κ1) is 12.1. The summed E-state index contributed by atoms with van der Waals surface area (Å²) in [6.45, 7) is 4.78. The SMILES string of the molecule is C=CCOc1ccc(CNc2nnnn2C)cc1. The fourth-order valence-corrected chi connectivity index (χ4v) is 1.42. The van der Waals surface area contributed by atoms with E-state index in [4.69, 9.17) is 4.74 Å². The van der Waals surface area contributed by atoms with E-state index in [1.807, 2.05) is 24.3 Å². The fraction of sp³-hybridized carbons (Fsp3) is 0.250. The highest BCUT2D eigenvalue weighted by Crippen LogP contribution is 2.13. The highest BCUT2D eigenvalue weighted by molar-refractivity contribution is 5.30. The van der Waals surface area contributed by atoms with Gasteiger partial charge in [-0.3, -0.25) is 0 Å². The van der Waals surface area contributed by atoms with Gasteiger partial charge in [0.05, 0.1) is 0 Å². The topological polar surface area (TPSA) is 64.9 Å². The van der Waals surface area contributed by atoms with Crippen molar-refractivity contribution in [3.8, 4) is 5.75 Å². The molecule has 2 aromatic rings. The fourth-order valence-electron chi connectivity index (χ4n) is 1.42. The van der Waals surface area contributed by atoms with Crippen molar-refractivity contribution in [2.75, 3.05) is 11.9 Å². The maximum absolute atomic E-state index is 5.40. The van der Waals surface area contributed by atoms with Crippen molar-refractivity contribution >= 4 is 5.95 Å². The molecule has 0 unspecified atom stereocenters. The largest absolute Gasteiger partial charge is 0.490 e. The summed E-state index contributed by atoms with van der Waals surface area (Å²) in [5, 5.41) is 14.3. The normalized spacial score (nSPS) is 10.1. The molecule has 0 saturated carbocycles. The average Bonchev–Trinajstić information content (AvgIpc) is 2.81. The molecule has 94 valence electrons. The molecule has 0 spiro atoms. The smallest absolute Gasteiger partial charge is 0.242 e. The molecule has 2 rings (SSSR count). The van der Waals surface area contributed by atoms with Crippen molar-refractivity contribution in [1.82, 2.24) is 20.2 Å². The van der Waals surface area contributed by atoms with E-state index in [-0.39, 0.29) is 0 Å². The van der Waals surface area contributed by atoms with Gasteiger partial charge in [-0.25, -0.2) is 4.68 Å². The van der Waals surface area contributed by atoms with Crippen LogP contribution in [0.1, 0.15) is 5.56 Å². The van der Waals surface area contributed by atoms with Crippen LogP contribution in [0.4, 0.5) is 5.95 Å². The highest BCUT2D eigenvalue weighted by atomic mass is 16.5. The Kier molecular flexibility index (Phi) is 3.90. The molecule has 0 atom stereocenters. The van der Waals surface area contributed by atoms with Crippen LogP contribution in [-0.4, -0.2) is 26.8 Å². The van der Waals surface area contributed by atoms with E-state index in [1.54, 1.807) is 17.8 Å². The van der Waals surface area contributed by atoms with Gasteiger partial charge in [0.1, 0.15) is 12.4 Å². The van der Waals surface area contributed by atoms with E-state index in [2.05, 4.69) is 27.4 Å². The number of tetrazole rings is 1. The molecule has 18 heavy (non-hydrogen) atoms. The van der Waals surface area contributed by atoms with Crippen LogP contribution in [0.25, 0.3) is 0 Å². The minimum absolute atomic E-state index is 0.516. The van der Waals surface area contributed by atoms with Crippen molar-refractivity contribution in [1.29, 1.82) is 0 Å². The number of rotatable bonds is 6. The number of nitrogens with zero attached hydrogens (tertiary/aromatic N) is 4. The molecule has 6 nitrogen and oxygen atoms in total. The molecule has 1 aromatic carbocycles. The molecule has 1 N–H and O–H groups in total. The van der Waals surface area contributed by atoms with E-state index in [1.165, 1.54) is 0 Å². The Morgan fingerprint density at radius 1 is 1.39 bits per heavy atom. The Bertz CT molecular complexity index is 505. The summed E-state index contributed by atoms with van der Waals surface area (Å²) in [5.74, 6) is 1.47. The summed E-state index contributed by atoms with van der Waals surface area (Å²) in [6.07, 6.45) is 1.72. The first-order valence-electron chi connectivity index (χ1n) is 5.58. The molecular weight excluding hydrogens is 230 g/mol. The Morgan fingerprint density at radius 3 is 2.78 bits per heavy atom. The lowest BCUT2D eigenvalue weighted by Gasteiger charge is -2.06. The van der Waals surface area contributed by atoms with Crippen LogP contribution in [0.5, 0.6) is 5.75 Å². The Balaban J connectivity index is 1.90. The molecule has 0 amide bonds. The van der Waals surface area contributed by atoms with Crippen molar-refractivity contribution in [2.45, 2.75) is 6.54 Å². The molecule has 0 aliphatic rings. The number of aromatic nitrogens is 4. The first-order valence-corrected chi connectivity index (χ1v) is 5.58. The second-order valence-electron chi connectivity index (χ2n) is 3.72. The van der Waals surface area contributed by atoms with Crippen LogP contribution in [0.3, 0.4) is 0 Å². The van der Waals surface area contributed by atoms with Gasteiger partial charge < -0.3 is 10.1 Å². The summed E-state index contributed by atoms with van der Waals surface area (Å²) < 4.78 is 6.99. The molecule has 6 heteroatoms. The van der Waals surface area contributed by atoms with Crippen molar-refractivity contribution in [3.05, 3.63) is 42.5 Å². The van der Waals surface area contributed by atoms with E-state index in [9.17, 15) is 0 Å². The molecule has 0 aliphatic carbocycles. The minimum Gasteiger partial charge on any atom is -0.490 e. The van der Waals surface area contributed by atoms with Crippen LogP contribution in [0.15, 0.2) is 36.9 Å². The molecule has 0 aliphatic heterocycles. The summed E-state index contributed by atoms with van der Waals surface area (Å²) in [7, 11) is 1.79. The lowest BCUT2D eigenvalue weighted by Crippen LogP contribution is -2.05. The predicted octanol–water partition coefficient (Wildman–Crippen LogP) is 1.39. The maximum atomic E-state index is 5.40. The van der Waals surface area contributed by atoms with Crippen LogP contribution in [-0.2, 0) is 13.6 Å². The quantitative estimate of drug-likeness (QED) is 0.779. The van der Waals surface area contributed by atoms with Gasteiger partial charge in [-0.15, -0.1) is 0 Å². The van der Waals surface area contributed by atoms with Crippen molar-refractivity contribution < 1.29 is 4.74 Å². The minimum atomic E-state index is 0.516. The molecule has 0 bridgehead atoms. The summed E-state index contributed by atoms with van der Waals surface area (Å²) in [5.41, 5.74) is 1.13. The van der Waals surface area contributed by atoms with E-state index in [0.29, 0.717) is 19.1 Å². The molecule has 0 radical (unpaired) electrons. The molecule has 1 aromatic heterocycles. The van der Waals surface area contributed by atoms with Gasteiger partial charge in [-0.1, -0.05) is 29.9 Å².